The van der Waals surface area contributed by atoms with Crippen molar-refractivity contribution in [2.45, 2.75) is 60.3 Å². The molecule has 0 saturated carbocycles. The van der Waals surface area contributed by atoms with Crippen molar-refractivity contribution in [1.29, 1.82) is 0 Å². The fourth-order valence-corrected chi connectivity index (χ4v) is 11.5. The van der Waals surface area contributed by atoms with E-state index in [1.165, 1.54) is 0 Å². The number of nitrogens with zero attached hydrogens (tertiary/aromatic N) is 3. The largest absolute Gasteiger partial charge is 0.511 e. The van der Waals surface area contributed by atoms with Crippen LogP contribution in [0, 0.1) is 11.8 Å². The first-order valence-electron chi connectivity index (χ1n) is 37.6. The minimum atomic E-state index is -0.319. The molecule has 8 bridgehead atoms. The van der Waals surface area contributed by atoms with E-state index in [0.29, 0.717) is 289 Å². The summed E-state index contributed by atoms with van der Waals surface area (Å²) in [6.45, 7) is 29.4. The molecule has 1 saturated heterocycles. The molecule has 0 amide bonds. The van der Waals surface area contributed by atoms with Gasteiger partial charge in [0.25, 0.3) is 0 Å². The highest BCUT2D eigenvalue weighted by atomic mass is 16.6. The molecule has 2 atom stereocenters. The van der Waals surface area contributed by atoms with Gasteiger partial charge in [0.2, 0.25) is 0 Å². The number of hydrogen-bond donors (Lipinski definition) is 4. The second kappa shape index (κ2) is 58.1. The van der Waals surface area contributed by atoms with Crippen molar-refractivity contribution < 1.29 is 124 Å². The second-order valence-electron chi connectivity index (χ2n) is 24.6. The Bertz CT molecular complexity index is 2850. The molecule has 1 fully saturated rings. The molecule has 30 nitrogen and oxygen atoms in total. The lowest BCUT2D eigenvalue weighted by Gasteiger charge is -2.17. The number of nitrogens with one attached hydrogen (secondary N) is 1. The van der Waals surface area contributed by atoms with E-state index in [9.17, 15) is 15.0 Å². The van der Waals surface area contributed by atoms with Crippen LogP contribution in [0.1, 0.15) is 60.3 Å². The van der Waals surface area contributed by atoms with Crippen LogP contribution in [0.4, 0.5) is 0 Å². The normalized spacial score (nSPS) is 17.0. The Labute approximate surface area is 626 Å². The maximum Gasteiger partial charge on any atom is 0.305 e. The van der Waals surface area contributed by atoms with E-state index >= 15 is 0 Å². The third kappa shape index (κ3) is 35.8. The van der Waals surface area contributed by atoms with Gasteiger partial charge < -0.3 is 125 Å². The molecule has 30 heteroatoms. The summed E-state index contributed by atoms with van der Waals surface area (Å²) < 4.78 is 121. The first-order chi connectivity index (χ1) is 52.2. The number of aliphatic imine (C=N–C) groups is 3. The van der Waals surface area contributed by atoms with Crippen molar-refractivity contribution in [2.24, 2.45) is 26.8 Å². The number of aliphatic hydroxyl groups is 3. The lowest BCUT2D eigenvalue weighted by atomic mass is 9.86. The average molecular weight is 1510 g/mol. The molecule has 0 unspecified atom stereocenters. The molecule has 6 aliphatic rings. The zero-order chi connectivity index (χ0) is 75.1. The minimum absolute atomic E-state index is 0.0145. The van der Waals surface area contributed by atoms with Gasteiger partial charge in [0.1, 0.15) is 12.4 Å². The van der Waals surface area contributed by atoms with Gasteiger partial charge in [-0.2, -0.15) is 0 Å². The van der Waals surface area contributed by atoms with Gasteiger partial charge in [-0.15, -0.1) is 0 Å². The van der Waals surface area contributed by atoms with Gasteiger partial charge in [-0.05, 0) is 74.1 Å². The van der Waals surface area contributed by atoms with E-state index in [0.717, 1.165) is 85.4 Å². The van der Waals surface area contributed by atoms with Gasteiger partial charge in [0.15, 0.2) is 0 Å². The van der Waals surface area contributed by atoms with Gasteiger partial charge in [-0.25, -0.2) is 15.0 Å². The fourth-order valence-electron chi connectivity index (χ4n) is 11.5. The summed E-state index contributed by atoms with van der Waals surface area (Å²) in [7, 11) is 0. The van der Waals surface area contributed by atoms with Crippen LogP contribution < -0.4 is 5.32 Å². The Morgan fingerprint density at radius 3 is 1.06 bits per heavy atom. The third-order valence-electron chi connectivity index (χ3n) is 17.2. The highest BCUT2D eigenvalue weighted by Crippen LogP contribution is 2.46. The molecular formula is C76H122N4O26. The fraction of sp³-hybridized carbons (Fsp3) is 0.737. The third-order valence-corrected chi connectivity index (χ3v) is 17.2. The lowest BCUT2D eigenvalue weighted by Crippen LogP contribution is -2.17. The molecular weight excluding hydrogens is 1380 g/mol. The van der Waals surface area contributed by atoms with E-state index in [1.807, 2.05) is 32.1 Å². The summed E-state index contributed by atoms with van der Waals surface area (Å²) in [5.41, 5.74) is 12.8. The number of rotatable bonds is 70. The zero-order valence-electron chi connectivity index (χ0n) is 63.6. The predicted molar refractivity (Wildman–Crippen MR) is 394 cm³/mol. The Morgan fingerprint density at radius 2 is 0.726 bits per heavy atom. The van der Waals surface area contributed by atoms with Crippen LogP contribution in [-0.4, -0.2) is 336 Å². The predicted octanol–water partition coefficient (Wildman–Crippen LogP) is 5.31. The maximum atomic E-state index is 13.2. The van der Waals surface area contributed by atoms with Crippen molar-refractivity contribution in [3.63, 3.8) is 0 Å². The summed E-state index contributed by atoms with van der Waals surface area (Å²) >= 11 is 0. The maximum absolute atomic E-state index is 13.2. The minimum Gasteiger partial charge on any atom is -0.511 e. The Morgan fingerprint density at radius 1 is 0.415 bits per heavy atom. The van der Waals surface area contributed by atoms with Gasteiger partial charge in [-0.3, -0.25) is 4.79 Å². The Kier molecular flexibility index (Phi) is 49.3. The van der Waals surface area contributed by atoms with E-state index in [4.69, 9.17) is 124 Å². The molecule has 602 valence electrons. The zero-order valence-corrected chi connectivity index (χ0v) is 63.6. The van der Waals surface area contributed by atoms with Crippen LogP contribution in [0.2, 0.25) is 0 Å². The Balaban J connectivity index is 0.610. The van der Waals surface area contributed by atoms with Gasteiger partial charge >= 0.3 is 5.97 Å². The highest BCUT2D eigenvalue weighted by molar-refractivity contribution is 6.21. The van der Waals surface area contributed by atoms with Crippen molar-refractivity contribution in [3.8, 4) is 0 Å². The van der Waals surface area contributed by atoms with E-state index in [1.54, 1.807) is 0 Å². The molecule has 6 rings (SSSR count). The molecule has 106 heavy (non-hydrogen) atoms. The quantitative estimate of drug-likeness (QED) is 0.0442. The first kappa shape index (κ1) is 90.0. The molecule has 0 aromatic carbocycles. The molecule has 1 aliphatic carbocycles. The standard InChI is InChI=1S/C76H122N4O26/c1-6-62-58(2)67-55-71-65(57-82)60(4)66(78-71)54-68-59(3)63(75(79-68)64-53-72(83)74-61(5)69(80-76(64)74)56-70(62)77-67)7-8-73(84)106-52-51-105-50-49-104-48-47-103-46-45-102-44-43-101-42-41-100-40-39-99-38-37-98-36-35-97-34-33-96-32-31-95-30-29-94-28-27-93-26-25-92-24-23-91-22-21-90-20-19-89-18-17-88-16-15-87-14-13-86-12-11-85-10-9-81/h54-56,59,63,79,81-83H,6-53,57H2,1-5H3/t59-,63-/m0/s1. The SMILES string of the molecule is CCC1=C(C)C2=NC1=CC1=C(C)C3=C(O)CC(=C4NC(=CC5=NC(=C2)C(CO)=C5C)[C@@H](C)[C@@H]4CCC(=O)OCCOCCOCCOCCOCCOCCOCCOCCOCCOCCOCCOCCOCCOCCOCCOCCOCCOCCOCCOCCOCCOCCO)C3=N1. The molecule has 0 radical (unpaired) electrons. The first-order valence-corrected chi connectivity index (χ1v) is 37.6. The van der Waals surface area contributed by atoms with E-state index in [2.05, 4.69) is 26.1 Å². The molecule has 4 N–H and O–H groups in total. The number of allylic oxidation sites excluding steroid dienone is 11. The number of carbonyl (C=O) groups is 1. The number of hydrogen-bond acceptors (Lipinski definition) is 30. The average Bonchev–Trinajstić information content (AvgIpc) is 1.58. The van der Waals surface area contributed by atoms with Crippen LogP contribution in [0.25, 0.3) is 0 Å². The summed E-state index contributed by atoms with van der Waals surface area (Å²) in [4.78, 5) is 28.4. The summed E-state index contributed by atoms with van der Waals surface area (Å²) in [5.74, 6) is -0.174. The van der Waals surface area contributed by atoms with Crippen molar-refractivity contribution >= 4 is 23.1 Å². The van der Waals surface area contributed by atoms with Crippen molar-refractivity contribution in [2.75, 3.05) is 297 Å². The monoisotopic (exact) mass is 1510 g/mol. The topological polar surface area (TPSA) is 330 Å². The van der Waals surface area contributed by atoms with Gasteiger partial charge in [0.05, 0.1) is 325 Å². The number of fused-ring (bicyclic) bond motifs is 5. The number of esters is 1. The summed E-state index contributed by atoms with van der Waals surface area (Å²) in [5, 5.41) is 34.3. The number of aliphatic hydroxyl groups excluding tert-OH is 3. The number of ether oxygens (including phenoxy) is 22. The van der Waals surface area contributed by atoms with Crippen LogP contribution in [-0.2, 0) is 109 Å². The molecule has 5 aliphatic heterocycles. The van der Waals surface area contributed by atoms with E-state index in [-0.39, 0.29) is 56.4 Å². The molecule has 0 aromatic heterocycles. The van der Waals surface area contributed by atoms with Crippen molar-refractivity contribution in [1.82, 2.24) is 5.32 Å². The summed E-state index contributed by atoms with van der Waals surface area (Å²) in [6.07, 6.45) is 7.82. The van der Waals surface area contributed by atoms with Gasteiger partial charge in [-0.1, -0.05) is 13.8 Å². The summed E-state index contributed by atoms with van der Waals surface area (Å²) in [6, 6.07) is 0. The van der Waals surface area contributed by atoms with Crippen LogP contribution >= 0.6 is 0 Å². The molecule has 0 spiro atoms. The number of carbonyl (C=O) groups excluding carboxylic acids is 1. The smallest absolute Gasteiger partial charge is 0.305 e. The van der Waals surface area contributed by atoms with Gasteiger partial charge in [0, 0.05) is 52.8 Å². The Hall–Kier alpha value is -4.92. The van der Waals surface area contributed by atoms with E-state index < -0.39 is 0 Å². The van der Waals surface area contributed by atoms with Crippen LogP contribution in [0.5, 0.6) is 0 Å². The molecule has 5 heterocycles. The van der Waals surface area contributed by atoms with Crippen LogP contribution in [0.15, 0.2) is 106 Å². The van der Waals surface area contributed by atoms with Crippen molar-refractivity contribution in [3.05, 3.63) is 91.5 Å². The highest BCUT2D eigenvalue weighted by Gasteiger charge is 2.41. The lowest BCUT2D eigenvalue weighted by molar-refractivity contribution is -0.145. The van der Waals surface area contributed by atoms with Crippen LogP contribution in [0.3, 0.4) is 0 Å². The molecule has 0 aromatic rings. The second-order valence-corrected chi connectivity index (χ2v) is 24.6.